The highest BCUT2D eigenvalue weighted by atomic mass is 16.5. The van der Waals surface area contributed by atoms with Gasteiger partial charge in [-0.25, -0.2) is 9.78 Å². The summed E-state index contributed by atoms with van der Waals surface area (Å²) in [6, 6.07) is 3.57. The maximum Gasteiger partial charge on any atom is 0.354 e. The molecule has 1 unspecified atom stereocenters. The average Bonchev–Trinajstić information content (AvgIpc) is 2.40. The number of carboxylic acids is 1. The van der Waals surface area contributed by atoms with Crippen LogP contribution in [0.5, 0.6) is 0 Å². The smallest absolute Gasteiger partial charge is 0.354 e. The van der Waals surface area contributed by atoms with E-state index in [-0.39, 0.29) is 11.7 Å². The predicted molar refractivity (Wildman–Crippen MR) is 71.5 cm³/mol. The number of aromatic carboxylic acids is 1. The standard InChI is InChI=1S/C13H19N3O3/c1-10(9-16-4-6-19-7-5-16)15-11-2-3-14-12(8-11)13(17)18/h2-3,8,10H,4-7,9H2,1H3,(H,14,15)(H,17,18). The first kappa shape index (κ1) is 13.8. The highest BCUT2D eigenvalue weighted by Crippen LogP contribution is 2.10. The van der Waals surface area contributed by atoms with Gasteiger partial charge in [0.25, 0.3) is 0 Å². The van der Waals surface area contributed by atoms with Gasteiger partial charge in [-0.3, -0.25) is 4.90 Å². The van der Waals surface area contributed by atoms with Gasteiger partial charge in [0.15, 0.2) is 0 Å². The van der Waals surface area contributed by atoms with E-state index in [9.17, 15) is 4.79 Å². The second-order valence-corrected chi connectivity index (χ2v) is 4.69. The number of pyridine rings is 1. The van der Waals surface area contributed by atoms with E-state index in [0.29, 0.717) is 0 Å². The summed E-state index contributed by atoms with van der Waals surface area (Å²) in [5, 5.41) is 12.2. The lowest BCUT2D eigenvalue weighted by Gasteiger charge is -2.29. The van der Waals surface area contributed by atoms with Crippen molar-refractivity contribution >= 4 is 11.7 Å². The normalized spacial score (nSPS) is 17.9. The third-order valence-electron chi connectivity index (χ3n) is 3.03. The van der Waals surface area contributed by atoms with Crippen molar-refractivity contribution in [1.29, 1.82) is 0 Å². The molecule has 0 radical (unpaired) electrons. The lowest BCUT2D eigenvalue weighted by Crippen LogP contribution is -2.42. The lowest BCUT2D eigenvalue weighted by molar-refractivity contribution is 0.0368. The van der Waals surface area contributed by atoms with E-state index in [2.05, 4.69) is 22.1 Å². The number of hydrogen-bond acceptors (Lipinski definition) is 5. The van der Waals surface area contributed by atoms with Crippen LogP contribution in [0.2, 0.25) is 0 Å². The molecule has 1 aliphatic rings. The lowest BCUT2D eigenvalue weighted by atomic mass is 10.2. The van der Waals surface area contributed by atoms with Gasteiger partial charge in [0.05, 0.1) is 13.2 Å². The first-order valence-electron chi connectivity index (χ1n) is 6.41. The SMILES string of the molecule is CC(CN1CCOCC1)Nc1ccnc(C(=O)O)c1. The predicted octanol–water partition coefficient (Wildman–Crippen LogP) is 0.912. The van der Waals surface area contributed by atoms with Gasteiger partial charge in [0, 0.05) is 37.6 Å². The molecule has 0 aromatic carbocycles. The van der Waals surface area contributed by atoms with Gasteiger partial charge in [0.2, 0.25) is 0 Å². The van der Waals surface area contributed by atoms with E-state index >= 15 is 0 Å². The van der Waals surface area contributed by atoms with Crippen molar-refractivity contribution in [1.82, 2.24) is 9.88 Å². The van der Waals surface area contributed by atoms with E-state index in [4.69, 9.17) is 9.84 Å². The zero-order valence-electron chi connectivity index (χ0n) is 11.0. The van der Waals surface area contributed by atoms with Crippen LogP contribution in [0.25, 0.3) is 0 Å². The average molecular weight is 265 g/mol. The molecule has 6 heteroatoms. The number of nitrogens with one attached hydrogen (secondary N) is 1. The van der Waals surface area contributed by atoms with Crippen molar-refractivity contribution in [2.24, 2.45) is 0 Å². The number of nitrogens with zero attached hydrogens (tertiary/aromatic N) is 2. The molecule has 1 aromatic heterocycles. The van der Waals surface area contributed by atoms with Gasteiger partial charge in [-0.1, -0.05) is 0 Å². The summed E-state index contributed by atoms with van der Waals surface area (Å²) in [5.74, 6) is -1.01. The van der Waals surface area contributed by atoms with Crippen molar-refractivity contribution < 1.29 is 14.6 Å². The minimum Gasteiger partial charge on any atom is -0.477 e. The van der Waals surface area contributed by atoms with Crippen molar-refractivity contribution in [2.75, 3.05) is 38.2 Å². The molecule has 6 nitrogen and oxygen atoms in total. The van der Waals surface area contributed by atoms with Crippen molar-refractivity contribution in [3.63, 3.8) is 0 Å². The fraction of sp³-hybridized carbons (Fsp3) is 0.538. The van der Waals surface area contributed by atoms with Gasteiger partial charge in [-0.05, 0) is 19.1 Å². The first-order valence-corrected chi connectivity index (χ1v) is 6.41. The van der Waals surface area contributed by atoms with Crippen molar-refractivity contribution in [3.05, 3.63) is 24.0 Å². The van der Waals surface area contributed by atoms with Crippen LogP contribution in [0, 0.1) is 0 Å². The summed E-state index contributed by atoms with van der Waals surface area (Å²) < 4.78 is 5.31. The third kappa shape index (κ3) is 4.18. The number of ether oxygens (including phenoxy) is 1. The number of rotatable bonds is 5. The second kappa shape index (κ2) is 6.49. The Balaban J connectivity index is 1.88. The Bertz CT molecular complexity index is 433. The van der Waals surface area contributed by atoms with Gasteiger partial charge < -0.3 is 15.2 Å². The molecule has 0 aliphatic carbocycles. The minimum absolute atomic E-state index is 0.0589. The van der Waals surface area contributed by atoms with Crippen LogP contribution in [0.3, 0.4) is 0 Å². The second-order valence-electron chi connectivity index (χ2n) is 4.69. The van der Waals surface area contributed by atoms with Crippen molar-refractivity contribution in [2.45, 2.75) is 13.0 Å². The highest BCUT2D eigenvalue weighted by Gasteiger charge is 2.14. The van der Waals surface area contributed by atoms with E-state index < -0.39 is 5.97 Å². The molecule has 2 heterocycles. The number of aromatic nitrogens is 1. The fourth-order valence-corrected chi connectivity index (χ4v) is 2.14. The molecule has 0 amide bonds. The zero-order chi connectivity index (χ0) is 13.7. The summed E-state index contributed by atoms with van der Waals surface area (Å²) in [6.07, 6.45) is 1.51. The molecule has 1 fully saturated rings. The molecular formula is C13H19N3O3. The number of anilines is 1. The highest BCUT2D eigenvalue weighted by molar-refractivity contribution is 5.86. The quantitative estimate of drug-likeness (QED) is 0.824. The summed E-state index contributed by atoms with van der Waals surface area (Å²) in [7, 11) is 0. The molecular weight excluding hydrogens is 246 g/mol. The Labute approximate surface area is 112 Å². The molecule has 2 rings (SSSR count). The number of carbonyl (C=O) groups is 1. The molecule has 1 atom stereocenters. The first-order chi connectivity index (χ1) is 9.15. The molecule has 0 spiro atoms. The molecule has 2 N–H and O–H groups in total. The van der Waals surface area contributed by atoms with Crippen LogP contribution in [0.15, 0.2) is 18.3 Å². The topological polar surface area (TPSA) is 74.7 Å². The Kier molecular flexibility index (Phi) is 4.70. The molecule has 1 aliphatic heterocycles. The van der Waals surface area contributed by atoms with Crippen LogP contribution < -0.4 is 5.32 Å². The number of carboxylic acid groups (broad SMARTS) is 1. The van der Waals surface area contributed by atoms with Crippen LogP contribution in [0.1, 0.15) is 17.4 Å². The zero-order valence-corrected chi connectivity index (χ0v) is 11.0. The summed E-state index contributed by atoms with van der Waals surface area (Å²) in [4.78, 5) is 17.0. The molecule has 1 aromatic rings. The van der Waals surface area contributed by atoms with E-state index in [0.717, 1.165) is 38.5 Å². The number of hydrogen-bond donors (Lipinski definition) is 2. The summed E-state index contributed by atoms with van der Waals surface area (Å²) in [6.45, 7) is 6.45. The van der Waals surface area contributed by atoms with E-state index in [1.807, 2.05) is 0 Å². The largest absolute Gasteiger partial charge is 0.477 e. The molecule has 1 saturated heterocycles. The molecule has 0 saturated carbocycles. The Morgan fingerprint density at radius 1 is 1.58 bits per heavy atom. The Morgan fingerprint density at radius 2 is 2.32 bits per heavy atom. The van der Waals surface area contributed by atoms with Crippen molar-refractivity contribution in [3.8, 4) is 0 Å². The Hall–Kier alpha value is -1.66. The molecule has 0 bridgehead atoms. The van der Waals surface area contributed by atoms with Crippen LogP contribution in [-0.4, -0.2) is 59.8 Å². The van der Waals surface area contributed by atoms with Crippen LogP contribution in [-0.2, 0) is 4.74 Å². The van der Waals surface area contributed by atoms with Gasteiger partial charge in [-0.15, -0.1) is 0 Å². The van der Waals surface area contributed by atoms with E-state index in [1.165, 1.54) is 6.20 Å². The maximum atomic E-state index is 10.8. The monoisotopic (exact) mass is 265 g/mol. The van der Waals surface area contributed by atoms with Gasteiger partial charge >= 0.3 is 5.97 Å². The minimum atomic E-state index is -1.01. The van der Waals surface area contributed by atoms with Crippen LogP contribution in [0.4, 0.5) is 5.69 Å². The van der Waals surface area contributed by atoms with Gasteiger partial charge in [-0.2, -0.15) is 0 Å². The van der Waals surface area contributed by atoms with Crippen LogP contribution >= 0.6 is 0 Å². The maximum absolute atomic E-state index is 10.8. The number of morpholine rings is 1. The summed E-state index contributed by atoms with van der Waals surface area (Å²) >= 11 is 0. The molecule has 19 heavy (non-hydrogen) atoms. The third-order valence-corrected chi connectivity index (χ3v) is 3.03. The van der Waals surface area contributed by atoms with E-state index in [1.54, 1.807) is 12.1 Å². The fourth-order valence-electron chi connectivity index (χ4n) is 2.14. The Morgan fingerprint density at radius 3 is 3.00 bits per heavy atom. The molecule has 104 valence electrons. The van der Waals surface area contributed by atoms with Gasteiger partial charge in [0.1, 0.15) is 5.69 Å². The summed E-state index contributed by atoms with van der Waals surface area (Å²) in [5.41, 5.74) is 0.844.